The minimum Gasteiger partial charge on any atom is -0.353 e. The molecule has 2 rings (SSSR count). The van der Waals surface area contributed by atoms with E-state index in [0.717, 1.165) is 63.9 Å². The average molecular weight is 479 g/mol. The van der Waals surface area contributed by atoms with Crippen LogP contribution in [0.4, 0.5) is 0 Å². The van der Waals surface area contributed by atoms with Crippen LogP contribution in [0.15, 0.2) is 23.3 Å². The fourth-order valence-corrected chi connectivity index (χ4v) is 5.33. The van der Waals surface area contributed by atoms with Gasteiger partial charge in [-0.2, -0.15) is 0 Å². The molecule has 6 heteroatoms. The van der Waals surface area contributed by atoms with Gasteiger partial charge in [-0.25, -0.2) is 0 Å². The van der Waals surface area contributed by atoms with Gasteiger partial charge < -0.3 is 28.5 Å². The van der Waals surface area contributed by atoms with Crippen molar-refractivity contribution in [3.8, 4) is 0 Å². The largest absolute Gasteiger partial charge is 0.353 e. The van der Waals surface area contributed by atoms with E-state index in [-0.39, 0.29) is 24.8 Å². The number of unbranched alkanes of at least 4 members (excludes halogenated alkanes) is 1. The molecule has 2 fully saturated rings. The maximum Gasteiger partial charge on any atom is 0.155 e. The fourth-order valence-electron chi connectivity index (χ4n) is 5.33. The molecule has 0 amide bonds. The van der Waals surface area contributed by atoms with Crippen molar-refractivity contribution in [2.45, 2.75) is 118 Å². The zero-order chi connectivity index (χ0) is 25.2. The molecular formula is C28H46O6. The maximum atomic E-state index is 12.0. The lowest BCUT2D eigenvalue weighted by Gasteiger charge is -2.40. The van der Waals surface area contributed by atoms with E-state index in [2.05, 4.69) is 12.2 Å². The SMILES string of the molecule is CCOC(C)O[C@@H]1/C(=C\CC/C=C2/CCC[C@](C)(C=O)[C@@H]2OC(C)OCC)CCC[C@]1(C)C=O. The van der Waals surface area contributed by atoms with E-state index in [4.69, 9.17) is 18.9 Å². The third kappa shape index (κ3) is 7.58. The third-order valence-electron chi connectivity index (χ3n) is 7.21. The molecule has 2 unspecified atom stereocenters. The van der Waals surface area contributed by atoms with Crippen LogP contribution >= 0.6 is 0 Å². The van der Waals surface area contributed by atoms with Crippen LogP contribution < -0.4 is 0 Å². The molecule has 2 aliphatic carbocycles. The highest BCUT2D eigenvalue weighted by molar-refractivity contribution is 5.62. The molecule has 194 valence electrons. The third-order valence-corrected chi connectivity index (χ3v) is 7.21. The van der Waals surface area contributed by atoms with Gasteiger partial charge >= 0.3 is 0 Å². The summed E-state index contributed by atoms with van der Waals surface area (Å²) in [6, 6.07) is 0. The Morgan fingerprint density at radius 3 is 1.50 bits per heavy atom. The minimum atomic E-state index is -0.530. The zero-order valence-corrected chi connectivity index (χ0v) is 22.1. The fraction of sp³-hybridized carbons (Fsp3) is 0.786. The lowest BCUT2D eigenvalue weighted by Crippen LogP contribution is -2.43. The summed E-state index contributed by atoms with van der Waals surface area (Å²) in [6.07, 6.45) is 12.5. The number of carbonyl (C=O) groups is 2. The molecule has 0 saturated heterocycles. The van der Waals surface area contributed by atoms with Crippen LogP contribution in [0.25, 0.3) is 0 Å². The van der Waals surface area contributed by atoms with E-state index in [9.17, 15) is 9.59 Å². The van der Waals surface area contributed by atoms with Crippen LogP contribution in [0.1, 0.15) is 92.9 Å². The highest BCUT2D eigenvalue weighted by atomic mass is 16.7. The average Bonchev–Trinajstić information content (AvgIpc) is 2.81. The Morgan fingerprint density at radius 1 is 0.794 bits per heavy atom. The Labute approximate surface area is 206 Å². The molecule has 0 aromatic carbocycles. The molecule has 2 saturated carbocycles. The molecule has 34 heavy (non-hydrogen) atoms. The molecule has 0 aromatic heterocycles. The van der Waals surface area contributed by atoms with Crippen LogP contribution in [0.5, 0.6) is 0 Å². The Hall–Kier alpha value is -1.34. The molecule has 0 N–H and O–H groups in total. The first-order chi connectivity index (χ1) is 16.2. The molecule has 2 aliphatic rings. The summed E-state index contributed by atoms with van der Waals surface area (Å²) in [5, 5.41) is 0. The number of allylic oxidation sites excluding steroid dienone is 2. The highest BCUT2D eigenvalue weighted by Gasteiger charge is 2.42. The van der Waals surface area contributed by atoms with Gasteiger partial charge in [0, 0.05) is 13.2 Å². The summed E-state index contributed by atoms with van der Waals surface area (Å²) in [5.41, 5.74) is 1.31. The van der Waals surface area contributed by atoms with Crippen molar-refractivity contribution in [1.29, 1.82) is 0 Å². The van der Waals surface area contributed by atoms with E-state index in [1.54, 1.807) is 0 Å². The summed E-state index contributed by atoms with van der Waals surface area (Å²) >= 11 is 0. The van der Waals surface area contributed by atoms with Crippen LogP contribution in [0.3, 0.4) is 0 Å². The first kappa shape index (κ1) is 28.9. The second kappa shape index (κ2) is 13.7. The second-order valence-corrected chi connectivity index (χ2v) is 10.2. The zero-order valence-electron chi connectivity index (χ0n) is 22.1. The van der Waals surface area contributed by atoms with Crippen molar-refractivity contribution in [3.63, 3.8) is 0 Å². The Morgan fingerprint density at radius 2 is 1.18 bits per heavy atom. The minimum absolute atomic E-state index is 0.260. The van der Waals surface area contributed by atoms with Crippen molar-refractivity contribution in [2.24, 2.45) is 10.8 Å². The van der Waals surface area contributed by atoms with Gasteiger partial charge in [-0.15, -0.1) is 0 Å². The summed E-state index contributed by atoms with van der Waals surface area (Å²) < 4.78 is 23.6. The van der Waals surface area contributed by atoms with E-state index in [1.807, 2.05) is 41.5 Å². The van der Waals surface area contributed by atoms with Gasteiger partial charge in [0.15, 0.2) is 12.6 Å². The van der Waals surface area contributed by atoms with Gasteiger partial charge in [-0.3, -0.25) is 0 Å². The highest BCUT2D eigenvalue weighted by Crippen LogP contribution is 2.42. The van der Waals surface area contributed by atoms with Crippen molar-refractivity contribution in [1.82, 2.24) is 0 Å². The number of rotatable bonds is 13. The summed E-state index contributed by atoms with van der Waals surface area (Å²) in [6.45, 7) is 12.8. The van der Waals surface area contributed by atoms with E-state index < -0.39 is 10.8 Å². The van der Waals surface area contributed by atoms with Crippen molar-refractivity contribution >= 4 is 12.6 Å². The van der Waals surface area contributed by atoms with Gasteiger partial charge in [0.1, 0.15) is 12.6 Å². The van der Waals surface area contributed by atoms with Crippen LogP contribution in [0.2, 0.25) is 0 Å². The lowest BCUT2D eigenvalue weighted by molar-refractivity contribution is -0.179. The van der Waals surface area contributed by atoms with Crippen LogP contribution in [-0.4, -0.2) is 50.6 Å². The number of aldehydes is 2. The quantitative estimate of drug-likeness (QED) is 0.141. The lowest BCUT2D eigenvalue weighted by atomic mass is 9.71. The molecular weight excluding hydrogens is 432 g/mol. The molecule has 0 aromatic rings. The van der Waals surface area contributed by atoms with Crippen molar-refractivity contribution in [3.05, 3.63) is 23.3 Å². The maximum absolute atomic E-state index is 12.0. The molecule has 0 bridgehead atoms. The van der Waals surface area contributed by atoms with Gasteiger partial charge in [-0.1, -0.05) is 26.0 Å². The molecule has 0 radical (unpaired) electrons. The number of ether oxygens (including phenoxy) is 4. The Bertz CT molecular complexity index is 656. The van der Waals surface area contributed by atoms with Crippen molar-refractivity contribution < 1.29 is 28.5 Å². The topological polar surface area (TPSA) is 71.1 Å². The summed E-state index contributed by atoms with van der Waals surface area (Å²) in [5.74, 6) is 0. The Kier molecular flexibility index (Phi) is 11.6. The van der Waals surface area contributed by atoms with Gasteiger partial charge in [0.25, 0.3) is 0 Å². The molecule has 6 atom stereocenters. The second-order valence-electron chi connectivity index (χ2n) is 10.2. The predicted molar refractivity (Wildman–Crippen MR) is 133 cm³/mol. The normalized spacial score (nSPS) is 34.2. The van der Waals surface area contributed by atoms with Gasteiger partial charge in [0.05, 0.1) is 23.0 Å². The van der Waals surface area contributed by atoms with E-state index in [0.29, 0.717) is 13.2 Å². The first-order valence-electron chi connectivity index (χ1n) is 13.1. The van der Waals surface area contributed by atoms with Crippen LogP contribution in [-0.2, 0) is 28.5 Å². The first-order valence-corrected chi connectivity index (χ1v) is 13.1. The molecule has 0 aliphatic heterocycles. The summed E-state index contributed by atoms with van der Waals surface area (Å²) in [7, 11) is 0. The van der Waals surface area contributed by atoms with Crippen LogP contribution in [0, 0.1) is 10.8 Å². The molecule has 0 heterocycles. The smallest absolute Gasteiger partial charge is 0.155 e. The predicted octanol–water partition coefficient (Wildman–Crippen LogP) is 5.93. The standard InChI is InChI=1S/C28H46O6/c1-7-31-21(3)33-25-23(15-11-17-27(25,5)19-29)13-9-10-14-24-16-12-18-28(6,20-30)26(24)34-22(4)32-8-2/h13-14,19-22,25-26H,7-12,15-18H2,1-6H3/b23-13-,24-14-/t21?,22?,25-,26-,27-,28-/m1/s1. The van der Waals surface area contributed by atoms with Crippen molar-refractivity contribution in [2.75, 3.05) is 13.2 Å². The van der Waals surface area contributed by atoms with E-state index >= 15 is 0 Å². The van der Waals surface area contributed by atoms with Gasteiger partial charge in [0.2, 0.25) is 0 Å². The number of hydrogen-bond acceptors (Lipinski definition) is 6. The van der Waals surface area contributed by atoms with Gasteiger partial charge in [-0.05, 0) is 90.2 Å². The van der Waals surface area contributed by atoms with E-state index in [1.165, 1.54) is 11.1 Å². The summed E-state index contributed by atoms with van der Waals surface area (Å²) in [4.78, 5) is 23.9. The molecule has 6 nitrogen and oxygen atoms in total. The monoisotopic (exact) mass is 478 g/mol. The number of carbonyl (C=O) groups excluding carboxylic acids is 2. The molecule has 0 spiro atoms. The Balaban J connectivity index is 2.14. The number of hydrogen-bond donors (Lipinski definition) is 0.